The molecule has 0 fully saturated rings. The SMILES string of the molecule is NC(=O)c1ccc(-c2cccc(C(F)(F)F)c2)cc1. The molecule has 2 aromatic rings. The second kappa shape index (κ2) is 4.76. The summed E-state index contributed by atoms with van der Waals surface area (Å²) in [5, 5.41) is 0. The molecule has 2 rings (SSSR count). The van der Waals surface area contributed by atoms with Crippen molar-refractivity contribution in [2.75, 3.05) is 0 Å². The number of primary amides is 1. The fourth-order valence-electron chi connectivity index (χ4n) is 1.70. The maximum atomic E-state index is 12.6. The summed E-state index contributed by atoms with van der Waals surface area (Å²) in [4.78, 5) is 10.9. The highest BCUT2D eigenvalue weighted by Crippen LogP contribution is 2.32. The van der Waals surface area contributed by atoms with E-state index in [1.54, 1.807) is 18.2 Å². The molecule has 1 amide bonds. The number of amides is 1. The zero-order valence-corrected chi connectivity index (χ0v) is 9.74. The van der Waals surface area contributed by atoms with Crippen molar-refractivity contribution in [2.24, 2.45) is 5.73 Å². The van der Waals surface area contributed by atoms with Crippen molar-refractivity contribution in [3.63, 3.8) is 0 Å². The Labute approximate surface area is 107 Å². The summed E-state index contributed by atoms with van der Waals surface area (Å²) in [6.07, 6.45) is -4.37. The van der Waals surface area contributed by atoms with Gasteiger partial charge in [0, 0.05) is 5.56 Å². The molecule has 19 heavy (non-hydrogen) atoms. The molecule has 2 nitrogen and oxygen atoms in total. The highest BCUT2D eigenvalue weighted by atomic mass is 19.4. The number of benzene rings is 2. The molecule has 0 aliphatic carbocycles. The normalized spacial score (nSPS) is 11.3. The maximum absolute atomic E-state index is 12.6. The van der Waals surface area contributed by atoms with E-state index in [0.29, 0.717) is 16.7 Å². The molecule has 0 bridgehead atoms. The number of alkyl halides is 3. The van der Waals surface area contributed by atoms with Crippen molar-refractivity contribution in [2.45, 2.75) is 6.18 Å². The van der Waals surface area contributed by atoms with Gasteiger partial charge in [0.25, 0.3) is 0 Å². The third-order valence-corrected chi connectivity index (χ3v) is 2.69. The van der Waals surface area contributed by atoms with E-state index in [9.17, 15) is 18.0 Å². The molecule has 0 unspecified atom stereocenters. The first-order chi connectivity index (χ1) is 8.88. The van der Waals surface area contributed by atoms with Crippen molar-refractivity contribution in [3.8, 4) is 11.1 Å². The van der Waals surface area contributed by atoms with Crippen LogP contribution in [0.4, 0.5) is 13.2 Å². The van der Waals surface area contributed by atoms with E-state index in [2.05, 4.69) is 0 Å². The monoisotopic (exact) mass is 265 g/mol. The Kier molecular flexibility index (Phi) is 3.29. The molecular formula is C14H10F3NO. The van der Waals surface area contributed by atoms with Gasteiger partial charge in [0.2, 0.25) is 5.91 Å². The van der Waals surface area contributed by atoms with E-state index in [4.69, 9.17) is 5.73 Å². The zero-order valence-electron chi connectivity index (χ0n) is 9.74. The van der Waals surface area contributed by atoms with Crippen LogP contribution in [-0.2, 0) is 6.18 Å². The lowest BCUT2D eigenvalue weighted by Gasteiger charge is -2.09. The van der Waals surface area contributed by atoms with Crippen LogP contribution < -0.4 is 5.73 Å². The number of rotatable bonds is 2. The summed E-state index contributed by atoms with van der Waals surface area (Å²) < 4.78 is 37.8. The van der Waals surface area contributed by atoms with Gasteiger partial charge >= 0.3 is 6.18 Å². The number of carbonyl (C=O) groups is 1. The molecule has 0 aliphatic rings. The van der Waals surface area contributed by atoms with Gasteiger partial charge in [-0.2, -0.15) is 13.2 Å². The Bertz CT molecular complexity index is 603. The highest BCUT2D eigenvalue weighted by molar-refractivity contribution is 5.93. The zero-order chi connectivity index (χ0) is 14.0. The fourth-order valence-corrected chi connectivity index (χ4v) is 1.70. The lowest BCUT2D eigenvalue weighted by Crippen LogP contribution is -2.10. The van der Waals surface area contributed by atoms with E-state index in [1.165, 1.54) is 18.2 Å². The molecule has 0 spiro atoms. The quantitative estimate of drug-likeness (QED) is 0.887. The van der Waals surface area contributed by atoms with Crippen LogP contribution in [0.1, 0.15) is 15.9 Å². The van der Waals surface area contributed by atoms with Gasteiger partial charge in [0.15, 0.2) is 0 Å². The minimum atomic E-state index is -4.37. The average molecular weight is 265 g/mol. The lowest BCUT2D eigenvalue weighted by molar-refractivity contribution is -0.137. The lowest BCUT2D eigenvalue weighted by atomic mass is 10.0. The molecule has 0 aliphatic heterocycles. The molecule has 0 saturated heterocycles. The van der Waals surface area contributed by atoms with E-state index < -0.39 is 17.6 Å². The van der Waals surface area contributed by atoms with Crippen LogP contribution in [0.2, 0.25) is 0 Å². The maximum Gasteiger partial charge on any atom is 0.416 e. The molecule has 5 heteroatoms. The molecule has 2 aromatic carbocycles. The van der Waals surface area contributed by atoms with Crippen molar-refractivity contribution < 1.29 is 18.0 Å². The summed E-state index contributed by atoms with van der Waals surface area (Å²) >= 11 is 0. The van der Waals surface area contributed by atoms with Gasteiger partial charge in [0.05, 0.1) is 5.56 Å². The van der Waals surface area contributed by atoms with Crippen LogP contribution in [0.15, 0.2) is 48.5 Å². The minimum Gasteiger partial charge on any atom is -0.366 e. The van der Waals surface area contributed by atoms with Gasteiger partial charge in [-0.25, -0.2) is 0 Å². The van der Waals surface area contributed by atoms with Crippen molar-refractivity contribution in [1.82, 2.24) is 0 Å². The number of hydrogen-bond acceptors (Lipinski definition) is 1. The van der Waals surface area contributed by atoms with E-state index >= 15 is 0 Å². The number of carbonyl (C=O) groups excluding carboxylic acids is 1. The Morgan fingerprint density at radius 2 is 1.58 bits per heavy atom. The predicted octanol–water partition coefficient (Wildman–Crippen LogP) is 3.47. The fraction of sp³-hybridized carbons (Fsp3) is 0.0714. The van der Waals surface area contributed by atoms with Crippen LogP contribution >= 0.6 is 0 Å². The Hall–Kier alpha value is -2.30. The Balaban J connectivity index is 2.39. The molecule has 0 aromatic heterocycles. The molecular weight excluding hydrogens is 255 g/mol. The molecule has 98 valence electrons. The van der Waals surface area contributed by atoms with Gasteiger partial charge in [-0.05, 0) is 35.4 Å². The van der Waals surface area contributed by atoms with Crippen molar-refractivity contribution >= 4 is 5.91 Å². The first-order valence-electron chi connectivity index (χ1n) is 5.45. The first-order valence-corrected chi connectivity index (χ1v) is 5.45. The van der Waals surface area contributed by atoms with Gasteiger partial charge in [-0.1, -0.05) is 24.3 Å². The summed E-state index contributed by atoms with van der Waals surface area (Å²) in [5.41, 5.74) is 5.74. The summed E-state index contributed by atoms with van der Waals surface area (Å²) in [6, 6.07) is 11.1. The second-order valence-corrected chi connectivity index (χ2v) is 4.02. The van der Waals surface area contributed by atoms with Gasteiger partial charge in [0.1, 0.15) is 0 Å². The molecule has 0 saturated carbocycles. The largest absolute Gasteiger partial charge is 0.416 e. The Morgan fingerprint density at radius 1 is 0.947 bits per heavy atom. The summed E-state index contributed by atoms with van der Waals surface area (Å²) in [5.74, 6) is -0.574. The number of halogens is 3. The molecule has 2 N–H and O–H groups in total. The standard InChI is InChI=1S/C14H10F3NO/c15-14(16,17)12-3-1-2-11(8-12)9-4-6-10(7-5-9)13(18)19/h1-8H,(H2,18,19). The predicted molar refractivity (Wildman–Crippen MR) is 65.4 cm³/mol. The van der Waals surface area contributed by atoms with Gasteiger partial charge < -0.3 is 5.73 Å². The number of hydrogen-bond donors (Lipinski definition) is 1. The summed E-state index contributed by atoms with van der Waals surface area (Å²) in [6.45, 7) is 0. The second-order valence-electron chi connectivity index (χ2n) is 4.02. The van der Waals surface area contributed by atoms with Crippen LogP contribution in [0.5, 0.6) is 0 Å². The van der Waals surface area contributed by atoms with E-state index in [0.717, 1.165) is 12.1 Å². The third kappa shape index (κ3) is 2.93. The van der Waals surface area contributed by atoms with Crippen LogP contribution in [-0.4, -0.2) is 5.91 Å². The van der Waals surface area contributed by atoms with Gasteiger partial charge in [-0.3, -0.25) is 4.79 Å². The number of nitrogens with two attached hydrogens (primary N) is 1. The first kappa shape index (κ1) is 13.1. The molecule has 0 heterocycles. The van der Waals surface area contributed by atoms with Crippen molar-refractivity contribution in [1.29, 1.82) is 0 Å². The Morgan fingerprint density at radius 3 is 2.11 bits per heavy atom. The van der Waals surface area contributed by atoms with E-state index in [-0.39, 0.29) is 0 Å². The molecule has 0 atom stereocenters. The minimum absolute atomic E-state index is 0.315. The van der Waals surface area contributed by atoms with Crippen molar-refractivity contribution in [3.05, 3.63) is 59.7 Å². The summed E-state index contributed by atoms with van der Waals surface area (Å²) in [7, 11) is 0. The third-order valence-electron chi connectivity index (χ3n) is 2.69. The average Bonchev–Trinajstić information content (AvgIpc) is 2.38. The highest BCUT2D eigenvalue weighted by Gasteiger charge is 2.30. The van der Waals surface area contributed by atoms with Crippen LogP contribution in [0, 0.1) is 0 Å². The molecule has 0 radical (unpaired) electrons. The topological polar surface area (TPSA) is 43.1 Å². The van der Waals surface area contributed by atoms with E-state index in [1.807, 2.05) is 0 Å². The van der Waals surface area contributed by atoms with Crippen LogP contribution in [0.25, 0.3) is 11.1 Å². The smallest absolute Gasteiger partial charge is 0.366 e. The van der Waals surface area contributed by atoms with Crippen LogP contribution in [0.3, 0.4) is 0 Å². The van der Waals surface area contributed by atoms with Gasteiger partial charge in [-0.15, -0.1) is 0 Å².